The van der Waals surface area contributed by atoms with E-state index in [-0.39, 0.29) is 24.0 Å². The molecule has 0 radical (unpaired) electrons. The Morgan fingerprint density at radius 3 is 2.68 bits per heavy atom. The van der Waals surface area contributed by atoms with Crippen LogP contribution >= 0.6 is 0 Å². The lowest BCUT2D eigenvalue weighted by atomic mass is 9.90. The number of aliphatic hydroxyl groups excluding tert-OH is 1. The minimum Gasteiger partial charge on any atom is -0.391 e. The molecule has 1 aliphatic rings. The number of nitrogens with two attached hydrogens (primary N) is 1. The Morgan fingerprint density at radius 1 is 1.37 bits per heavy atom. The monoisotopic (exact) mass is 266 g/mol. The molecule has 1 aromatic rings. The number of para-hydroxylation sites is 1. The summed E-state index contributed by atoms with van der Waals surface area (Å²) in [5, 5.41) is 10.1. The molecule has 0 aliphatic heterocycles. The largest absolute Gasteiger partial charge is 0.391 e. The highest BCUT2D eigenvalue weighted by Gasteiger charge is 2.29. The van der Waals surface area contributed by atoms with E-state index in [1.807, 2.05) is 24.9 Å². The smallest absolute Gasteiger partial charge is 0.146 e. The van der Waals surface area contributed by atoms with Crippen molar-refractivity contribution in [3.63, 3.8) is 0 Å². The van der Waals surface area contributed by atoms with Crippen molar-refractivity contribution >= 4 is 5.69 Å². The lowest BCUT2D eigenvalue weighted by Gasteiger charge is -2.38. The third-order valence-corrected chi connectivity index (χ3v) is 4.05. The summed E-state index contributed by atoms with van der Waals surface area (Å²) in [7, 11) is 1.85. The number of likely N-dealkylation sites (N-methyl/N-ethyl adjacent to an activating group) is 1. The molecule has 3 atom stereocenters. The van der Waals surface area contributed by atoms with Crippen LogP contribution in [-0.4, -0.2) is 24.3 Å². The van der Waals surface area contributed by atoms with Crippen LogP contribution in [0.5, 0.6) is 0 Å². The number of hydrogen-bond donors (Lipinski definition) is 2. The van der Waals surface area contributed by atoms with E-state index in [2.05, 4.69) is 0 Å². The van der Waals surface area contributed by atoms with E-state index < -0.39 is 0 Å². The lowest BCUT2D eigenvalue weighted by Crippen LogP contribution is -2.44. The van der Waals surface area contributed by atoms with Crippen molar-refractivity contribution in [2.24, 2.45) is 5.73 Å². The number of rotatable bonds is 3. The van der Waals surface area contributed by atoms with Gasteiger partial charge in [0, 0.05) is 13.1 Å². The van der Waals surface area contributed by atoms with Gasteiger partial charge in [-0.25, -0.2) is 4.39 Å². The highest BCUT2D eigenvalue weighted by Crippen LogP contribution is 2.32. The van der Waals surface area contributed by atoms with Gasteiger partial charge in [0.05, 0.1) is 17.8 Å². The summed E-state index contributed by atoms with van der Waals surface area (Å²) in [6.07, 6.45) is 3.41. The SMILES string of the molecule is CC(N)c1cccc(F)c1N(C)C1CCCCC1O. The normalized spacial score (nSPS) is 25.1. The molecule has 4 heteroatoms. The molecule has 19 heavy (non-hydrogen) atoms. The Labute approximate surface area is 114 Å². The van der Waals surface area contributed by atoms with Gasteiger partial charge in [-0.2, -0.15) is 0 Å². The highest BCUT2D eigenvalue weighted by atomic mass is 19.1. The predicted octanol–water partition coefficient (Wildman–Crippen LogP) is 2.59. The van der Waals surface area contributed by atoms with Gasteiger partial charge in [-0.05, 0) is 31.4 Å². The Morgan fingerprint density at radius 2 is 2.05 bits per heavy atom. The second kappa shape index (κ2) is 5.88. The first-order valence-corrected chi connectivity index (χ1v) is 6.97. The van der Waals surface area contributed by atoms with Gasteiger partial charge in [-0.1, -0.05) is 25.0 Å². The summed E-state index contributed by atoms with van der Waals surface area (Å²) >= 11 is 0. The molecular weight excluding hydrogens is 243 g/mol. The highest BCUT2D eigenvalue weighted by molar-refractivity contribution is 5.56. The van der Waals surface area contributed by atoms with E-state index in [1.165, 1.54) is 6.07 Å². The van der Waals surface area contributed by atoms with Crippen LogP contribution in [0.1, 0.15) is 44.2 Å². The van der Waals surface area contributed by atoms with Crippen molar-refractivity contribution in [3.05, 3.63) is 29.6 Å². The van der Waals surface area contributed by atoms with Crippen molar-refractivity contribution in [2.75, 3.05) is 11.9 Å². The molecule has 3 N–H and O–H groups in total. The van der Waals surface area contributed by atoms with Crippen LogP contribution in [0.25, 0.3) is 0 Å². The minimum atomic E-state index is -0.390. The Kier molecular flexibility index (Phi) is 4.42. The van der Waals surface area contributed by atoms with Gasteiger partial charge >= 0.3 is 0 Å². The number of halogens is 1. The topological polar surface area (TPSA) is 49.5 Å². The van der Waals surface area contributed by atoms with Gasteiger partial charge in [0.25, 0.3) is 0 Å². The zero-order valence-electron chi connectivity index (χ0n) is 11.6. The maximum atomic E-state index is 14.2. The quantitative estimate of drug-likeness (QED) is 0.884. The number of nitrogens with zero attached hydrogens (tertiary/aromatic N) is 1. The second-order valence-corrected chi connectivity index (χ2v) is 5.50. The van der Waals surface area contributed by atoms with E-state index in [0.29, 0.717) is 5.69 Å². The summed E-state index contributed by atoms with van der Waals surface area (Å²) in [5.74, 6) is -0.268. The van der Waals surface area contributed by atoms with Crippen molar-refractivity contribution < 1.29 is 9.50 Å². The molecule has 1 fully saturated rings. The van der Waals surface area contributed by atoms with E-state index in [1.54, 1.807) is 6.07 Å². The fraction of sp³-hybridized carbons (Fsp3) is 0.600. The summed E-state index contributed by atoms with van der Waals surface area (Å²) < 4.78 is 14.2. The zero-order chi connectivity index (χ0) is 14.0. The molecule has 0 saturated heterocycles. The molecule has 1 aromatic carbocycles. The van der Waals surface area contributed by atoms with Crippen molar-refractivity contribution in [1.29, 1.82) is 0 Å². The fourth-order valence-corrected chi connectivity index (χ4v) is 2.98. The van der Waals surface area contributed by atoms with E-state index in [4.69, 9.17) is 5.73 Å². The third kappa shape index (κ3) is 2.90. The van der Waals surface area contributed by atoms with Gasteiger partial charge in [0.15, 0.2) is 0 Å². The number of hydrogen-bond acceptors (Lipinski definition) is 3. The van der Waals surface area contributed by atoms with Crippen LogP contribution in [0.3, 0.4) is 0 Å². The van der Waals surface area contributed by atoms with Crippen LogP contribution in [0.15, 0.2) is 18.2 Å². The summed E-state index contributed by atoms with van der Waals surface area (Å²) in [6.45, 7) is 1.85. The Hall–Kier alpha value is -1.13. The first-order valence-electron chi connectivity index (χ1n) is 6.97. The van der Waals surface area contributed by atoms with Crippen molar-refractivity contribution in [1.82, 2.24) is 0 Å². The van der Waals surface area contributed by atoms with Crippen LogP contribution in [-0.2, 0) is 0 Å². The third-order valence-electron chi connectivity index (χ3n) is 4.05. The summed E-state index contributed by atoms with van der Waals surface area (Å²) in [5.41, 5.74) is 7.25. The predicted molar refractivity (Wildman–Crippen MR) is 75.7 cm³/mol. The molecule has 106 valence electrons. The maximum Gasteiger partial charge on any atom is 0.146 e. The average Bonchev–Trinajstić information content (AvgIpc) is 2.38. The van der Waals surface area contributed by atoms with Crippen molar-refractivity contribution in [3.8, 4) is 0 Å². The zero-order valence-corrected chi connectivity index (χ0v) is 11.6. The van der Waals surface area contributed by atoms with E-state index >= 15 is 0 Å². The van der Waals surface area contributed by atoms with Gasteiger partial charge in [-0.15, -0.1) is 0 Å². The molecule has 0 spiro atoms. The minimum absolute atomic E-state index is 0.0249. The maximum absolute atomic E-state index is 14.2. The van der Waals surface area contributed by atoms with Crippen LogP contribution < -0.4 is 10.6 Å². The van der Waals surface area contributed by atoms with Gasteiger partial charge in [-0.3, -0.25) is 0 Å². The van der Waals surface area contributed by atoms with E-state index in [9.17, 15) is 9.50 Å². The van der Waals surface area contributed by atoms with Gasteiger partial charge in [0.1, 0.15) is 5.82 Å². The molecule has 1 aliphatic carbocycles. The average molecular weight is 266 g/mol. The molecule has 1 saturated carbocycles. The molecule has 0 bridgehead atoms. The first kappa shape index (κ1) is 14.3. The van der Waals surface area contributed by atoms with E-state index in [0.717, 1.165) is 31.2 Å². The Bertz CT molecular complexity index is 436. The van der Waals surface area contributed by atoms with Crippen molar-refractivity contribution in [2.45, 2.75) is 50.8 Å². The number of benzene rings is 1. The molecule has 2 rings (SSSR count). The first-order chi connectivity index (χ1) is 9.02. The molecular formula is C15H23FN2O. The standard InChI is InChI=1S/C15H23FN2O/c1-10(17)11-6-5-7-12(16)15(11)18(2)13-8-3-4-9-14(13)19/h5-7,10,13-14,19H,3-4,8-9,17H2,1-2H3. The molecule has 3 nitrogen and oxygen atoms in total. The van der Waals surface area contributed by atoms with Crippen LogP contribution in [0.2, 0.25) is 0 Å². The van der Waals surface area contributed by atoms with Gasteiger partial charge in [0.2, 0.25) is 0 Å². The molecule has 0 aromatic heterocycles. The fourth-order valence-electron chi connectivity index (χ4n) is 2.98. The lowest BCUT2D eigenvalue weighted by molar-refractivity contribution is 0.106. The van der Waals surface area contributed by atoms with Crippen LogP contribution in [0.4, 0.5) is 10.1 Å². The Balaban J connectivity index is 2.34. The number of anilines is 1. The molecule has 3 unspecified atom stereocenters. The number of aliphatic hydroxyl groups is 1. The molecule has 0 heterocycles. The van der Waals surface area contributed by atoms with Crippen LogP contribution in [0, 0.1) is 5.82 Å². The summed E-state index contributed by atoms with van der Waals surface area (Å²) in [6, 6.07) is 4.74. The summed E-state index contributed by atoms with van der Waals surface area (Å²) in [4.78, 5) is 1.87. The molecule has 0 amide bonds. The second-order valence-electron chi connectivity index (χ2n) is 5.50. The van der Waals surface area contributed by atoms with Gasteiger partial charge < -0.3 is 15.7 Å².